The monoisotopic (exact) mass is 471 g/mol. The van der Waals surface area contributed by atoms with E-state index in [0.29, 0.717) is 10.8 Å². The summed E-state index contributed by atoms with van der Waals surface area (Å²) >= 11 is 6.11. The van der Waals surface area contributed by atoms with E-state index >= 15 is 0 Å². The van der Waals surface area contributed by atoms with Crippen molar-refractivity contribution in [3.05, 3.63) is 137 Å². The van der Waals surface area contributed by atoms with Crippen LogP contribution in [0.15, 0.2) is 115 Å². The maximum atomic E-state index is 13.0. The van der Waals surface area contributed by atoms with Crippen molar-refractivity contribution in [2.24, 2.45) is 0 Å². The molecule has 0 aliphatic heterocycles. The zero-order valence-electron chi connectivity index (χ0n) is 18.9. The average molecular weight is 472 g/mol. The third-order valence-corrected chi connectivity index (χ3v) is 5.94. The largest absolute Gasteiger partial charge is 0.491 e. The van der Waals surface area contributed by atoms with Gasteiger partial charge in [-0.3, -0.25) is 10.1 Å². The summed E-state index contributed by atoms with van der Waals surface area (Å²) in [4.78, 5) is 13.0. The van der Waals surface area contributed by atoms with Gasteiger partial charge in [-0.1, -0.05) is 109 Å². The summed E-state index contributed by atoms with van der Waals surface area (Å²) < 4.78 is 11.1. The predicted molar refractivity (Wildman–Crippen MR) is 135 cm³/mol. The fourth-order valence-corrected chi connectivity index (χ4v) is 4.30. The summed E-state index contributed by atoms with van der Waals surface area (Å²) in [5.41, 5.74) is 2.14. The van der Waals surface area contributed by atoms with Crippen LogP contribution in [0.5, 0.6) is 5.75 Å². The Kier molecular flexibility index (Phi) is 7.63. The lowest BCUT2D eigenvalue weighted by Gasteiger charge is -2.39. The van der Waals surface area contributed by atoms with Gasteiger partial charge in [-0.05, 0) is 34.9 Å². The first-order chi connectivity index (χ1) is 16.6. The Hall–Kier alpha value is -3.60. The molecule has 4 nitrogen and oxygen atoms in total. The van der Waals surface area contributed by atoms with E-state index in [-0.39, 0.29) is 6.61 Å². The van der Waals surface area contributed by atoms with Crippen LogP contribution in [0.25, 0.3) is 0 Å². The summed E-state index contributed by atoms with van der Waals surface area (Å²) in [7, 11) is 1.38. The molecule has 0 fully saturated rings. The number of benzene rings is 4. The van der Waals surface area contributed by atoms with Gasteiger partial charge in [-0.15, -0.1) is 0 Å². The van der Waals surface area contributed by atoms with E-state index in [4.69, 9.17) is 21.1 Å². The summed E-state index contributed by atoms with van der Waals surface area (Å²) in [6.45, 7) is 0.0568. The van der Waals surface area contributed by atoms with Gasteiger partial charge in [0.05, 0.1) is 12.6 Å². The van der Waals surface area contributed by atoms with E-state index in [9.17, 15) is 4.79 Å². The second-order valence-electron chi connectivity index (χ2n) is 7.84. The number of hydrogen-bond acceptors (Lipinski definition) is 4. The van der Waals surface area contributed by atoms with Crippen LogP contribution in [0.3, 0.4) is 0 Å². The van der Waals surface area contributed by atoms with Crippen molar-refractivity contribution in [3.8, 4) is 5.75 Å². The third kappa shape index (κ3) is 5.14. The van der Waals surface area contributed by atoms with Crippen molar-refractivity contribution in [2.75, 3.05) is 13.7 Å². The number of hydrogen-bond donors (Lipinski definition) is 1. The quantitative estimate of drug-likeness (QED) is 0.246. The Morgan fingerprint density at radius 2 is 1.29 bits per heavy atom. The molecule has 4 rings (SSSR count). The fourth-order valence-electron chi connectivity index (χ4n) is 4.12. The first kappa shape index (κ1) is 23.6. The van der Waals surface area contributed by atoms with Gasteiger partial charge < -0.3 is 9.47 Å². The molecule has 0 unspecified atom stereocenters. The summed E-state index contributed by atoms with van der Waals surface area (Å²) in [6, 6.07) is 36.5. The Bertz CT molecular complexity index is 1100. The highest BCUT2D eigenvalue weighted by molar-refractivity contribution is 6.30. The molecule has 4 aromatic rings. The molecule has 0 aliphatic carbocycles. The lowest BCUT2D eigenvalue weighted by atomic mass is 9.76. The molecule has 34 heavy (non-hydrogen) atoms. The van der Waals surface area contributed by atoms with Crippen molar-refractivity contribution in [1.29, 1.82) is 0 Å². The first-order valence-corrected chi connectivity index (χ1v) is 11.4. The van der Waals surface area contributed by atoms with Gasteiger partial charge in [0.1, 0.15) is 18.4 Å². The van der Waals surface area contributed by atoms with Crippen molar-refractivity contribution >= 4 is 17.6 Å². The van der Waals surface area contributed by atoms with E-state index < -0.39 is 17.6 Å². The molecular formula is C29H26ClNO3. The van der Waals surface area contributed by atoms with Crippen molar-refractivity contribution in [1.82, 2.24) is 5.32 Å². The number of ether oxygens (including phenoxy) is 2. The van der Waals surface area contributed by atoms with Gasteiger partial charge in [0, 0.05) is 5.02 Å². The van der Waals surface area contributed by atoms with Gasteiger partial charge in [-0.2, -0.15) is 0 Å². The van der Waals surface area contributed by atoms with Gasteiger partial charge in [0.2, 0.25) is 0 Å². The van der Waals surface area contributed by atoms with Gasteiger partial charge in [-0.25, -0.2) is 0 Å². The number of halogens is 1. The number of nitrogens with one attached hydrogen (secondary N) is 1. The van der Waals surface area contributed by atoms with E-state index in [2.05, 4.69) is 41.7 Å². The SMILES string of the molecule is COC(=O)[C@H](COc1cccc(Cl)c1)NC(c1ccccc1)(c1ccccc1)c1ccccc1. The van der Waals surface area contributed by atoms with Gasteiger partial charge >= 0.3 is 5.97 Å². The molecule has 0 amide bonds. The molecule has 0 radical (unpaired) electrons. The van der Waals surface area contributed by atoms with Crippen LogP contribution >= 0.6 is 11.6 Å². The highest BCUT2D eigenvalue weighted by Gasteiger charge is 2.40. The molecule has 172 valence electrons. The summed E-state index contributed by atoms with van der Waals surface area (Å²) in [5.74, 6) is 0.155. The highest BCUT2D eigenvalue weighted by atomic mass is 35.5. The molecule has 0 saturated heterocycles. The third-order valence-electron chi connectivity index (χ3n) is 5.71. The standard InChI is InChI=1S/C29H26ClNO3/c1-33-28(32)27(21-34-26-19-11-18-25(30)20-26)31-29(22-12-5-2-6-13-22,23-14-7-3-8-15-23)24-16-9-4-10-17-24/h2-20,27,31H,21H2,1H3/t27-/m0/s1. The molecule has 1 N–H and O–H groups in total. The molecule has 0 spiro atoms. The van der Waals surface area contributed by atoms with Crippen LogP contribution in [0.4, 0.5) is 0 Å². The summed E-state index contributed by atoms with van der Waals surface area (Å²) in [6.07, 6.45) is 0. The Balaban J connectivity index is 1.82. The van der Waals surface area contributed by atoms with Crippen LogP contribution in [0, 0.1) is 0 Å². The number of carbonyl (C=O) groups excluding carboxylic acids is 1. The van der Waals surface area contributed by atoms with Crippen LogP contribution in [-0.2, 0) is 15.1 Å². The van der Waals surface area contributed by atoms with Crippen LogP contribution in [0.1, 0.15) is 16.7 Å². The maximum Gasteiger partial charge on any atom is 0.326 e. The topological polar surface area (TPSA) is 47.6 Å². The number of methoxy groups -OCH3 is 1. The molecule has 0 bridgehead atoms. The molecule has 0 heterocycles. The molecule has 1 atom stereocenters. The van der Waals surface area contributed by atoms with Crippen molar-refractivity contribution in [2.45, 2.75) is 11.6 Å². The number of esters is 1. The van der Waals surface area contributed by atoms with Gasteiger partial charge in [0.25, 0.3) is 0 Å². The Morgan fingerprint density at radius 3 is 1.74 bits per heavy atom. The second-order valence-corrected chi connectivity index (χ2v) is 8.27. The molecular weight excluding hydrogens is 446 g/mol. The zero-order chi connectivity index (χ0) is 23.8. The van der Waals surface area contributed by atoms with Crippen LogP contribution < -0.4 is 10.1 Å². The zero-order valence-corrected chi connectivity index (χ0v) is 19.6. The van der Waals surface area contributed by atoms with E-state index in [1.165, 1.54) is 7.11 Å². The van der Waals surface area contributed by atoms with E-state index in [1.54, 1.807) is 24.3 Å². The Morgan fingerprint density at radius 1 is 0.794 bits per heavy atom. The highest BCUT2D eigenvalue weighted by Crippen LogP contribution is 2.37. The van der Waals surface area contributed by atoms with Crippen LogP contribution in [0.2, 0.25) is 5.02 Å². The fraction of sp³-hybridized carbons (Fsp3) is 0.138. The average Bonchev–Trinajstić information content (AvgIpc) is 2.90. The molecule has 0 aliphatic rings. The minimum atomic E-state index is -0.833. The lowest BCUT2D eigenvalue weighted by Crippen LogP contribution is -2.55. The molecule has 4 aromatic carbocycles. The van der Waals surface area contributed by atoms with Crippen molar-refractivity contribution < 1.29 is 14.3 Å². The van der Waals surface area contributed by atoms with Crippen LogP contribution in [-0.4, -0.2) is 25.7 Å². The smallest absolute Gasteiger partial charge is 0.326 e. The Labute approximate surface area is 205 Å². The lowest BCUT2D eigenvalue weighted by molar-refractivity contribution is -0.144. The van der Waals surface area contributed by atoms with Gasteiger partial charge in [0.15, 0.2) is 0 Å². The molecule has 5 heteroatoms. The van der Waals surface area contributed by atoms with Crippen molar-refractivity contribution in [3.63, 3.8) is 0 Å². The normalized spacial score (nSPS) is 12.1. The van der Waals surface area contributed by atoms with E-state index in [0.717, 1.165) is 16.7 Å². The predicted octanol–water partition coefficient (Wildman–Crippen LogP) is 5.84. The first-order valence-electron chi connectivity index (χ1n) is 11.0. The molecule has 0 saturated carbocycles. The maximum absolute atomic E-state index is 13.0. The summed E-state index contributed by atoms with van der Waals surface area (Å²) in [5, 5.41) is 4.18. The number of carbonyl (C=O) groups is 1. The number of rotatable bonds is 9. The minimum Gasteiger partial charge on any atom is -0.491 e. The second kappa shape index (κ2) is 11.0. The minimum absolute atomic E-state index is 0.0568. The molecule has 0 aromatic heterocycles. The van der Waals surface area contributed by atoms with E-state index in [1.807, 2.05) is 54.6 Å².